The number of aryl methyl sites for hydroxylation is 1. The first-order chi connectivity index (χ1) is 13.2. The van der Waals surface area contributed by atoms with Crippen LogP contribution in [0, 0.1) is 0 Å². The number of hydrogen-bond donors (Lipinski definition) is 1. The van der Waals surface area contributed by atoms with E-state index < -0.39 is 0 Å². The average molecular weight is 362 g/mol. The summed E-state index contributed by atoms with van der Waals surface area (Å²) in [4.78, 5) is 16.2. The predicted octanol–water partition coefficient (Wildman–Crippen LogP) is 2.59. The maximum absolute atomic E-state index is 12.9. The molecule has 1 aliphatic heterocycles. The van der Waals surface area contributed by atoms with E-state index >= 15 is 0 Å². The van der Waals surface area contributed by atoms with Gasteiger partial charge >= 0.3 is 0 Å². The van der Waals surface area contributed by atoms with Crippen LogP contribution in [0.2, 0.25) is 0 Å². The number of benzene rings is 2. The van der Waals surface area contributed by atoms with Crippen LogP contribution in [0.25, 0.3) is 11.4 Å². The highest BCUT2D eigenvalue weighted by atomic mass is 16.2. The first-order valence-corrected chi connectivity index (χ1v) is 9.14. The van der Waals surface area contributed by atoms with Crippen molar-refractivity contribution in [3.63, 3.8) is 0 Å². The maximum Gasteiger partial charge on any atom is 0.253 e. The second-order valence-corrected chi connectivity index (χ2v) is 6.78. The number of piperidine rings is 1. The Hall–Kier alpha value is -3.22. The molecule has 4 rings (SSSR count). The largest absolute Gasteiger partial charge is 0.381 e. The summed E-state index contributed by atoms with van der Waals surface area (Å²) in [5.74, 6) is 0.620. The summed E-state index contributed by atoms with van der Waals surface area (Å²) in [5, 5.41) is 15.6. The molecule has 138 valence electrons. The van der Waals surface area contributed by atoms with Gasteiger partial charge in [0, 0.05) is 35.9 Å². The summed E-state index contributed by atoms with van der Waals surface area (Å²) in [6.45, 7) is 1.50. The number of para-hydroxylation sites is 1. The molecule has 7 nitrogen and oxygen atoms in total. The van der Waals surface area contributed by atoms with Gasteiger partial charge in [0.25, 0.3) is 5.91 Å². The maximum atomic E-state index is 12.9. The Labute approximate surface area is 158 Å². The summed E-state index contributed by atoms with van der Waals surface area (Å²) in [5.41, 5.74) is 2.63. The molecule has 0 saturated carbocycles. The number of nitrogens with zero attached hydrogens (tertiary/aromatic N) is 5. The number of tetrazole rings is 1. The highest BCUT2D eigenvalue weighted by Gasteiger charge is 2.24. The van der Waals surface area contributed by atoms with Crippen molar-refractivity contribution in [2.75, 3.05) is 18.4 Å². The van der Waals surface area contributed by atoms with Crippen molar-refractivity contribution in [2.24, 2.45) is 7.05 Å². The van der Waals surface area contributed by atoms with Gasteiger partial charge in [-0.2, -0.15) is 4.80 Å². The number of aromatic nitrogens is 4. The average Bonchev–Trinajstić information content (AvgIpc) is 3.15. The molecule has 1 fully saturated rings. The van der Waals surface area contributed by atoms with Crippen LogP contribution in [0.1, 0.15) is 23.2 Å². The molecule has 1 aliphatic rings. The Morgan fingerprint density at radius 3 is 2.59 bits per heavy atom. The van der Waals surface area contributed by atoms with Gasteiger partial charge in [-0.25, -0.2) is 0 Å². The van der Waals surface area contributed by atoms with Crippen LogP contribution in [-0.2, 0) is 7.05 Å². The lowest BCUT2D eigenvalue weighted by Gasteiger charge is -2.33. The molecular formula is C20H22N6O. The first-order valence-electron chi connectivity index (χ1n) is 9.14. The normalized spacial score (nSPS) is 16.9. The molecule has 0 spiro atoms. The van der Waals surface area contributed by atoms with Crippen molar-refractivity contribution in [3.8, 4) is 11.4 Å². The molecule has 1 atom stereocenters. The van der Waals surface area contributed by atoms with Gasteiger partial charge in [0.2, 0.25) is 5.82 Å². The van der Waals surface area contributed by atoms with E-state index in [1.54, 1.807) is 7.05 Å². The van der Waals surface area contributed by atoms with Gasteiger partial charge in [0.15, 0.2) is 0 Å². The summed E-state index contributed by atoms with van der Waals surface area (Å²) in [6.07, 6.45) is 2.06. The third kappa shape index (κ3) is 3.97. The van der Waals surface area contributed by atoms with Crippen LogP contribution in [0.15, 0.2) is 54.6 Å². The van der Waals surface area contributed by atoms with E-state index in [1.165, 1.54) is 4.80 Å². The monoisotopic (exact) mass is 362 g/mol. The van der Waals surface area contributed by atoms with E-state index in [0.29, 0.717) is 17.9 Å². The fourth-order valence-corrected chi connectivity index (χ4v) is 3.39. The fourth-order valence-electron chi connectivity index (χ4n) is 3.39. The molecule has 0 aliphatic carbocycles. The lowest BCUT2D eigenvalue weighted by molar-refractivity contribution is 0.0715. The van der Waals surface area contributed by atoms with Crippen LogP contribution >= 0.6 is 0 Å². The van der Waals surface area contributed by atoms with Crippen molar-refractivity contribution >= 4 is 11.6 Å². The van der Waals surface area contributed by atoms with Crippen molar-refractivity contribution in [2.45, 2.75) is 18.9 Å². The van der Waals surface area contributed by atoms with Crippen molar-refractivity contribution in [1.29, 1.82) is 0 Å². The van der Waals surface area contributed by atoms with Crippen molar-refractivity contribution < 1.29 is 4.79 Å². The number of nitrogens with one attached hydrogen (secondary N) is 1. The molecule has 3 aromatic rings. The van der Waals surface area contributed by atoms with Crippen LogP contribution < -0.4 is 5.32 Å². The highest BCUT2D eigenvalue weighted by molar-refractivity contribution is 5.94. The zero-order valence-corrected chi connectivity index (χ0v) is 15.2. The minimum absolute atomic E-state index is 0.0632. The van der Waals surface area contributed by atoms with Crippen LogP contribution in [-0.4, -0.2) is 50.1 Å². The van der Waals surface area contributed by atoms with E-state index in [1.807, 2.05) is 47.4 Å². The predicted molar refractivity (Wildman–Crippen MR) is 103 cm³/mol. The van der Waals surface area contributed by atoms with Gasteiger partial charge < -0.3 is 10.2 Å². The standard InChI is InChI=1S/C20H22N6O/c1-25-23-19(22-24-25)15-9-11-16(12-10-15)20(27)26-13-5-8-18(14-26)21-17-6-3-2-4-7-17/h2-4,6-7,9-12,18,21H,5,8,13-14H2,1H3/t18-/m0/s1. The number of amides is 1. The second-order valence-electron chi connectivity index (χ2n) is 6.78. The first kappa shape index (κ1) is 17.2. The second kappa shape index (κ2) is 7.57. The summed E-state index contributed by atoms with van der Waals surface area (Å²) < 4.78 is 0. The molecule has 0 unspecified atom stereocenters. The van der Waals surface area contributed by atoms with Crippen molar-refractivity contribution in [3.05, 3.63) is 60.2 Å². The fraction of sp³-hybridized carbons (Fsp3) is 0.300. The minimum atomic E-state index is 0.0632. The third-order valence-corrected chi connectivity index (χ3v) is 4.75. The van der Waals surface area contributed by atoms with Gasteiger partial charge in [0.1, 0.15) is 0 Å². The molecule has 1 aromatic heterocycles. The Kier molecular flexibility index (Phi) is 4.82. The van der Waals surface area contributed by atoms with E-state index in [9.17, 15) is 4.79 Å². The van der Waals surface area contributed by atoms with Gasteiger partial charge in [-0.15, -0.1) is 10.2 Å². The Bertz CT molecular complexity index is 906. The third-order valence-electron chi connectivity index (χ3n) is 4.75. The van der Waals surface area contributed by atoms with E-state index in [4.69, 9.17) is 0 Å². The smallest absolute Gasteiger partial charge is 0.253 e. The minimum Gasteiger partial charge on any atom is -0.381 e. The summed E-state index contributed by atoms with van der Waals surface area (Å²) in [6, 6.07) is 17.8. The van der Waals surface area contributed by atoms with Crippen molar-refractivity contribution in [1.82, 2.24) is 25.1 Å². The van der Waals surface area contributed by atoms with E-state index in [-0.39, 0.29) is 11.9 Å². The van der Waals surface area contributed by atoms with Crippen LogP contribution in [0.5, 0.6) is 0 Å². The number of hydrogen-bond acceptors (Lipinski definition) is 5. The SMILES string of the molecule is Cn1nnc(-c2ccc(C(=O)N3CCC[C@H](Nc4ccccc4)C3)cc2)n1. The number of rotatable bonds is 4. The van der Waals surface area contributed by atoms with Gasteiger partial charge in [0.05, 0.1) is 7.05 Å². The molecular weight excluding hydrogens is 340 g/mol. The Morgan fingerprint density at radius 1 is 1.11 bits per heavy atom. The lowest BCUT2D eigenvalue weighted by Crippen LogP contribution is -2.45. The molecule has 0 radical (unpaired) electrons. The van der Waals surface area contributed by atoms with Crippen LogP contribution in [0.4, 0.5) is 5.69 Å². The summed E-state index contributed by atoms with van der Waals surface area (Å²) in [7, 11) is 1.73. The number of likely N-dealkylation sites (tertiary alicyclic amines) is 1. The lowest BCUT2D eigenvalue weighted by atomic mass is 10.0. The number of anilines is 1. The zero-order valence-electron chi connectivity index (χ0n) is 15.2. The molecule has 27 heavy (non-hydrogen) atoms. The quantitative estimate of drug-likeness (QED) is 0.772. The number of carbonyl (C=O) groups excluding carboxylic acids is 1. The van der Waals surface area contributed by atoms with E-state index in [2.05, 4.69) is 32.9 Å². The molecule has 1 N–H and O–H groups in total. The molecule has 2 heterocycles. The van der Waals surface area contributed by atoms with Gasteiger partial charge in [-0.1, -0.05) is 30.3 Å². The van der Waals surface area contributed by atoms with E-state index in [0.717, 1.165) is 30.6 Å². The molecule has 0 bridgehead atoms. The van der Waals surface area contributed by atoms with Gasteiger partial charge in [-0.3, -0.25) is 4.79 Å². The Balaban J connectivity index is 1.42. The summed E-state index contributed by atoms with van der Waals surface area (Å²) >= 11 is 0. The molecule has 1 amide bonds. The molecule has 2 aromatic carbocycles. The molecule has 1 saturated heterocycles. The number of carbonyl (C=O) groups is 1. The Morgan fingerprint density at radius 2 is 1.89 bits per heavy atom. The highest BCUT2D eigenvalue weighted by Crippen LogP contribution is 2.20. The van der Waals surface area contributed by atoms with Gasteiger partial charge in [-0.05, 0) is 42.3 Å². The zero-order chi connectivity index (χ0) is 18.6. The topological polar surface area (TPSA) is 75.9 Å². The molecule has 7 heteroatoms. The van der Waals surface area contributed by atoms with Crippen LogP contribution in [0.3, 0.4) is 0 Å².